The number of allylic oxidation sites excluding steroid dienone is 1. The number of nitrogens with one attached hydrogen (secondary N) is 1. The summed E-state index contributed by atoms with van der Waals surface area (Å²) in [5.74, 6) is 5.57. The van der Waals surface area contributed by atoms with Crippen molar-refractivity contribution in [1.82, 2.24) is 5.43 Å². The molecule has 0 aromatic rings. The molecule has 0 heterocycles. The molecule has 0 aliphatic heterocycles. The fourth-order valence-electron chi connectivity index (χ4n) is 1.96. The van der Waals surface area contributed by atoms with Gasteiger partial charge in [0.2, 0.25) is 0 Å². The van der Waals surface area contributed by atoms with Gasteiger partial charge in [-0.3, -0.25) is 11.3 Å². The maximum atomic E-state index is 5.57. The molecule has 3 nitrogen and oxygen atoms in total. The zero-order chi connectivity index (χ0) is 10.9. The van der Waals surface area contributed by atoms with E-state index in [2.05, 4.69) is 18.4 Å². The molecule has 0 fully saturated rings. The van der Waals surface area contributed by atoms with Crippen LogP contribution in [0.15, 0.2) is 11.6 Å². The van der Waals surface area contributed by atoms with Crippen LogP contribution in [0.2, 0.25) is 0 Å². The Morgan fingerprint density at radius 3 is 3.07 bits per heavy atom. The van der Waals surface area contributed by atoms with Gasteiger partial charge in [-0.05, 0) is 32.1 Å². The molecule has 88 valence electrons. The van der Waals surface area contributed by atoms with Gasteiger partial charge in [-0.15, -0.1) is 0 Å². The molecule has 0 radical (unpaired) electrons. The lowest BCUT2D eigenvalue weighted by Gasteiger charge is -2.19. The lowest BCUT2D eigenvalue weighted by Crippen LogP contribution is -2.40. The van der Waals surface area contributed by atoms with Crippen LogP contribution in [0.1, 0.15) is 45.4 Å². The van der Waals surface area contributed by atoms with Crippen molar-refractivity contribution in [3.05, 3.63) is 11.6 Å². The fourth-order valence-corrected chi connectivity index (χ4v) is 1.96. The smallest absolute Gasteiger partial charge is 0.0671 e. The van der Waals surface area contributed by atoms with E-state index in [9.17, 15) is 0 Å². The van der Waals surface area contributed by atoms with Gasteiger partial charge in [-0.2, -0.15) is 0 Å². The van der Waals surface area contributed by atoms with Crippen molar-refractivity contribution in [3.63, 3.8) is 0 Å². The first-order valence-electron chi connectivity index (χ1n) is 6.11. The second-order valence-electron chi connectivity index (χ2n) is 4.17. The first kappa shape index (κ1) is 12.7. The van der Waals surface area contributed by atoms with E-state index >= 15 is 0 Å². The summed E-state index contributed by atoms with van der Waals surface area (Å²) < 4.78 is 5.55. The zero-order valence-electron chi connectivity index (χ0n) is 9.80. The molecule has 0 spiro atoms. The van der Waals surface area contributed by atoms with Crippen molar-refractivity contribution in [3.8, 4) is 0 Å². The molecule has 1 atom stereocenters. The largest absolute Gasteiger partial charge is 0.379 e. The minimum Gasteiger partial charge on any atom is -0.379 e. The highest BCUT2D eigenvalue weighted by Gasteiger charge is 2.13. The number of hydrogen-bond donors (Lipinski definition) is 2. The monoisotopic (exact) mass is 212 g/mol. The van der Waals surface area contributed by atoms with Gasteiger partial charge in [0.1, 0.15) is 0 Å². The number of hydrazine groups is 1. The molecule has 3 heteroatoms. The highest BCUT2D eigenvalue weighted by Crippen LogP contribution is 2.19. The van der Waals surface area contributed by atoms with E-state index < -0.39 is 0 Å². The number of hydrogen-bond acceptors (Lipinski definition) is 3. The lowest BCUT2D eigenvalue weighted by atomic mass is 10.0. The summed E-state index contributed by atoms with van der Waals surface area (Å²) in [6.45, 7) is 3.65. The third-order valence-electron chi connectivity index (χ3n) is 2.86. The average Bonchev–Trinajstić information content (AvgIpc) is 2.53. The molecule has 1 unspecified atom stereocenters. The Kier molecular flexibility index (Phi) is 6.64. The molecule has 3 N–H and O–H groups in total. The molecule has 1 aliphatic rings. The average molecular weight is 212 g/mol. The molecular weight excluding hydrogens is 188 g/mol. The summed E-state index contributed by atoms with van der Waals surface area (Å²) in [7, 11) is 0. The van der Waals surface area contributed by atoms with Gasteiger partial charge in [0, 0.05) is 6.61 Å². The van der Waals surface area contributed by atoms with Gasteiger partial charge in [0.15, 0.2) is 0 Å². The van der Waals surface area contributed by atoms with Crippen LogP contribution in [0.4, 0.5) is 0 Å². The van der Waals surface area contributed by atoms with E-state index in [0.717, 1.165) is 13.0 Å². The number of ether oxygens (including phenoxy) is 1. The Labute approximate surface area is 93.0 Å². The summed E-state index contributed by atoms with van der Waals surface area (Å²) in [6.07, 6.45) is 9.72. The standard InChI is InChI=1S/C12H24N2O/c1-2-9-15-10-12(14-13)11-7-5-3-4-6-8-11/h7,12,14H,2-6,8-10,13H2,1H3. The van der Waals surface area contributed by atoms with Gasteiger partial charge < -0.3 is 4.74 Å². The summed E-state index contributed by atoms with van der Waals surface area (Å²) in [5.41, 5.74) is 4.30. The minimum atomic E-state index is 0.217. The summed E-state index contributed by atoms with van der Waals surface area (Å²) >= 11 is 0. The van der Waals surface area contributed by atoms with Crippen molar-refractivity contribution < 1.29 is 4.74 Å². The third-order valence-corrected chi connectivity index (χ3v) is 2.86. The quantitative estimate of drug-likeness (QED) is 0.307. The van der Waals surface area contributed by atoms with Gasteiger partial charge in [0.05, 0.1) is 12.6 Å². The van der Waals surface area contributed by atoms with E-state index in [-0.39, 0.29) is 6.04 Å². The van der Waals surface area contributed by atoms with Gasteiger partial charge >= 0.3 is 0 Å². The minimum absolute atomic E-state index is 0.217. The molecule has 1 rings (SSSR count). The Balaban J connectivity index is 2.37. The van der Waals surface area contributed by atoms with Crippen LogP contribution in [0, 0.1) is 0 Å². The van der Waals surface area contributed by atoms with Crippen LogP contribution >= 0.6 is 0 Å². The van der Waals surface area contributed by atoms with Crippen LogP contribution in [-0.2, 0) is 4.74 Å². The van der Waals surface area contributed by atoms with E-state index in [1.807, 2.05) is 0 Å². The predicted octanol–water partition coefficient (Wildman–Crippen LogP) is 2.14. The van der Waals surface area contributed by atoms with E-state index in [1.165, 1.54) is 37.7 Å². The van der Waals surface area contributed by atoms with Gasteiger partial charge in [-0.1, -0.05) is 25.0 Å². The second kappa shape index (κ2) is 7.85. The summed E-state index contributed by atoms with van der Waals surface area (Å²) in [5, 5.41) is 0. The summed E-state index contributed by atoms with van der Waals surface area (Å²) in [6, 6.07) is 0.217. The van der Waals surface area contributed by atoms with E-state index in [0.29, 0.717) is 6.61 Å². The number of rotatable bonds is 6. The van der Waals surface area contributed by atoms with Gasteiger partial charge in [-0.25, -0.2) is 0 Å². The third kappa shape index (κ3) is 4.78. The molecular formula is C12H24N2O. The highest BCUT2D eigenvalue weighted by atomic mass is 16.5. The molecule has 0 aromatic carbocycles. The van der Waals surface area contributed by atoms with Crippen molar-refractivity contribution in [2.45, 2.75) is 51.5 Å². The Bertz CT molecular complexity index is 192. The molecule has 0 aromatic heterocycles. The molecule has 1 aliphatic carbocycles. The molecule has 0 amide bonds. The second-order valence-corrected chi connectivity index (χ2v) is 4.17. The molecule has 0 saturated heterocycles. The zero-order valence-corrected chi connectivity index (χ0v) is 9.80. The van der Waals surface area contributed by atoms with Crippen LogP contribution in [0.5, 0.6) is 0 Å². The molecule has 0 saturated carbocycles. The maximum Gasteiger partial charge on any atom is 0.0671 e. The van der Waals surface area contributed by atoms with Crippen LogP contribution in [-0.4, -0.2) is 19.3 Å². The SMILES string of the molecule is CCCOCC(NN)C1=CCCCCC1. The first-order chi connectivity index (χ1) is 7.38. The Hall–Kier alpha value is -0.380. The fraction of sp³-hybridized carbons (Fsp3) is 0.833. The van der Waals surface area contributed by atoms with Crippen molar-refractivity contribution in [1.29, 1.82) is 0 Å². The first-order valence-corrected chi connectivity index (χ1v) is 6.11. The number of nitrogens with two attached hydrogens (primary N) is 1. The normalized spacial score (nSPS) is 19.5. The van der Waals surface area contributed by atoms with Crippen molar-refractivity contribution in [2.24, 2.45) is 5.84 Å². The van der Waals surface area contributed by atoms with E-state index in [4.69, 9.17) is 10.6 Å². The Morgan fingerprint density at radius 1 is 1.47 bits per heavy atom. The van der Waals surface area contributed by atoms with Crippen LogP contribution in [0.3, 0.4) is 0 Å². The van der Waals surface area contributed by atoms with E-state index in [1.54, 1.807) is 0 Å². The molecule has 0 bridgehead atoms. The van der Waals surface area contributed by atoms with Crippen LogP contribution < -0.4 is 11.3 Å². The maximum absolute atomic E-state index is 5.57. The van der Waals surface area contributed by atoms with Gasteiger partial charge in [0.25, 0.3) is 0 Å². The topological polar surface area (TPSA) is 47.3 Å². The summed E-state index contributed by atoms with van der Waals surface area (Å²) in [4.78, 5) is 0. The Morgan fingerprint density at radius 2 is 2.33 bits per heavy atom. The molecule has 15 heavy (non-hydrogen) atoms. The lowest BCUT2D eigenvalue weighted by molar-refractivity contribution is 0.119. The van der Waals surface area contributed by atoms with Crippen molar-refractivity contribution >= 4 is 0 Å². The predicted molar refractivity (Wildman–Crippen MR) is 63.4 cm³/mol. The van der Waals surface area contributed by atoms with Crippen LogP contribution in [0.25, 0.3) is 0 Å². The highest BCUT2D eigenvalue weighted by molar-refractivity contribution is 5.11. The van der Waals surface area contributed by atoms with Crippen molar-refractivity contribution in [2.75, 3.05) is 13.2 Å².